The summed E-state index contributed by atoms with van der Waals surface area (Å²) in [5.74, 6) is 0.654. The number of carbonyl (C=O) groups is 2. The van der Waals surface area contributed by atoms with Crippen LogP contribution in [-0.4, -0.2) is 69.0 Å². The zero-order valence-electron chi connectivity index (χ0n) is 19.5. The number of hydrogen-bond donors (Lipinski definition) is 0. The fraction of sp³-hybridized carbons (Fsp3) is 0.417. The Morgan fingerprint density at radius 3 is 2.40 bits per heavy atom. The quantitative estimate of drug-likeness (QED) is 0.365. The Labute approximate surface area is 205 Å². The third-order valence-electron chi connectivity index (χ3n) is 5.33. The number of ether oxygens (including phenoxy) is 4. The van der Waals surface area contributed by atoms with Crippen molar-refractivity contribution in [3.8, 4) is 17.2 Å². The first-order valence-corrected chi connectivity index (χ1v) is 11.7. The van der Waals surface area contributed by atoms with Crippen LogP contribution in [0.4, 0.5) is 13.2 Å². The normalized spacial score (nSPS) is 16.1. The van der Waals surface area contributed by atoms with Gasteiger partial charge >= 0.3 is 6.18 Å². The summed E-state index contributed by atoms with van der Waals surface area (Å²) >= 11 is 1.17. The first kappa shape index (κ1) is 26.7. The summed E-state index contributed by atoms with van der Waals surface area (Å²) < 4.78 is 60.4. The predicted octanol–water partition coefficient (Wildman–Crippen LogP) is 4.32. The molecule has 0 radical (unpaired) electrons. The minimum atomic E-state index is -4.40. The van der Waals surface area contributed by atoms with Crippen molar-refractivity contribution in [2.45, 2.75) is 24.1 Å². The van der Waals surface area contributed by atoms with Crippen molar-refractivity contribution >= 4 is 23.5 Å². The summed E-state index contributed by atoms with van der Waals surface area (Å²) in [7, 11) is 2.92. The Balaban J connectivity index is 1.59. The number of halogens is 3. The van der Waals surface area contributed by atoms with E-state index in [9.17, 15) is 22.8 Å². The molecule has 1 aliphatic rings. The first-order chi connectivity index (χ1) is 16.6. The molecule has 0 aromatic heterocycles. The topological polar surface area (TPSA) is 74.3 Å². The van der Waals surface area contributed by atoms with Crippen LogP contribution in [0.2, 0.25) is 0 Å². The van der Waals surface area contributed by atoms with Crippen LogP contribution in [-0.2, 0) is 15.7 Å². The monoisotopic (exact) mass is 513 g/mol. The number of nitrogens with zero attached hydrogens (tertiary/aromatic N) is 1. The Morgan fingerprint density at radius 1 is 1.09 bits per heavy atom. The lowest BCUT2D eigenvalue weighted by Crippen LogP contribution is -2.48. The molecular weight excluding hydrogens is 487 g/mol. The van der Waals surface area contributed by atoms with Gasteiger partial charge in [-0.15, -0.1) is 11.8 Å². The van der Waals surface area contributed by atoms with Crippen LogP contribution < -0.4 is 14.2 Å². The van der Waals surface area contributed by atoms with Gasteiger partial charge in [-0.1, -0.05) is 0 Å². The van der Waals surface area contributed by atoms with Gasteiger partial charge in [-0.2, -0.15) is 13.2 Å². The molecule has 2 aromatic carbocycles. The SMILES string of the molecule is COc1ccc(C(C)=O)c(OCC2CN(C(=O)CSc3ccc(C(F)(F)F)cc3)CCO2)c1OC. The van der Waals surface area contributed by atoms with Crippen LogP contribution in [0.25, 0.3) is 0 Å². The Hall–Kier alpha value is -2.92. The maximum atomic E-state index is 12.7. The number of ketones is 1. The van der Waals surface area contributed by atoms with E-state index < -0.39 is 17.8 Å². The van der Waals surface area contributed by atoms with Crippen molar-refractivity contribution in [1.82, 2.24) is 4.90 Å². The summed E-state index contributed by atoms with van der Waals surface area (Å²) in [6.45, 7) is 2.46. The number of methoxy groups -OCH3 is 2. The number of rotatable bonds is 9. The van der Waals surface area contributed by atoms with E-state index in [0.29, 0.717) is 29.4 Å². The fourth-order valence-corrected chi connectivity index (χ4v) is 4.32. The molecule has 0 aliphatic carbocycles. The van der Waals surface area contributed by atoms with Crippen LogP contribution in [0.1, 0.15) is 22.8 Å². The van der Waals surface area contributed by atoms with Crippen LogP contribution in [0.3, 0.4) is 0 Å². The van der Waals surface area contributed by atoms with Gasteiger partial charge in [0.15, 0.2) is 17.3 Å². The molecule has 1 amide bonds. The zero-order chi connectivity index (χ0) is 25.6. The molecule has 35 heavy (non-hydrogen) atoms. The van der Waals surface area contributed by atoms with E-state index in [1.807, 2.05) is 0 Å². The smallest absolute Gasteiger partial charge is 0.416 e. The third kappa shape index (κ3) is 6.82. The molecule has 1 unspecified atom stereocenters. The average Bonchev–Trinajstić information content (AvgIpc) is 2.85. The molecular formula is C24H26F3NO6S. The van der Waals surface area contributed by atoms with Crippen LogP contribution in [0.5, 0.6) is 17.2 Å². The van der Waals surface area contributed by atoms with Gasteiger partial charge in [0.2, 0.25) is 11.7 Å². The van der Waals surface area contributed by atoms with E-state index in [1.54, 1.807) is 17.0 Å². The first-order valence-electron chi connectivity index (χ1n) is 10.7. The number of thioether (sulfide) groups is 1. The lowest BCUT2D eigenvalue weighted by Gasteiger charge is -2.33. The number of Topliss-reactive ketones (excluding diaryl/α,β-unsaturated/α-hetero) is 1. The van der Waals surface area contributed by atoms with Gasteiger partial charge in [-0.3, -0.25) is 9.59 Å². The van der Waals surface area contributed by atoms with Crippen molar-refractivity contribution in [3.63, 3.8) is 0 Å². The van der Waals surface area contributed by atoms with E-state index in [1.165, 1.54) is 45.0 Å². The summed E-state index contributed by atoms with van der Waals surface area (Å²) in [5, 5.41) is 0. The van der Waals surface area contributed by atoms with Crippen molar-refractivity contribution in [3.05, 3.63) is 47.5 Å². The Kier molecular flexibility index (Phi) is 8.90. The third-order valence-corrected chi connectivity index (χ3v) is 6.33. The van der Waals surface area contributed by atoms with Crippen LogP contribution in [0.15, 0.2) is 41.3 Å². The van der Waals surface area contributed by atoms with Gasteiger partial charge in [0.25, 0.3) is 0 Å². The van der Waals surface area contributed by atoms with E-state index in [-0.39, 0.29) is 42.1 Å². The van der Waals surface area contributed by atoms with Crippen molar-refractivity contribution < 1.29 is 41.7 Å². The second-order valence-electron chi connectivity index (χ2n) is 7.69. The summed E-state index contributed by atoms with van der Waals surface area (Å²) in [5.41, 5.74) is -0.399. The minimum Gasteiger partial charge on any atom is -0.493 e. The van der Waals surface area contributed by atoms with Crippen molar-refractivity contribution in [2.75, 3.05) is 46.3 Å². The van der Waals surface area contributed by atoms with Gasteiger partial charge < -0.3 is 23.8 Å². The number of hydrogen-bond acceptors (Lipinski definition) is 7. The van der Waals surface area contributed by atoms with E-state index in [0.717, 1.165) is 12.1 Å². The molecule has 3 rings (SSSR count). The fourth-order valence-electron chi connectivity index (χ4n) is 3.52. The zero-order valence-corrected chi connectivity index (χ0v) is 20.3. The second-order valence-corrected chi connectivity index (χ2v) is 8.74. The van der Waals surface area contributed by atoms with Crippen LogP contribution >= 0.6 is 11.8 Å². The molecule has 1 heterocycles. The maximum absolute atomic E-state index is 12.7. The summed E-state index contributed by atoms with van der Waals surface area (Å²) in [6, 6.07) is 7.91. The molecule has 0 spiro atoms. The van der Waals surface area contributed by atoms with Gasteiger partial charge in [-0.25, -0.2) is 0 Å². The lowest BCUT2D eigenvalue weighted by molar-refractivity contribution is -0.138. The molecule has 1 aliphatic heterocycles. The molecule has 0 saturated carbocycles. The average molecular weight is 514 g/mol. The van der Waals surface area contributed by atoms with E-state index >= 15 is 0 Å². The number of carbonyl (C=O) groups excluding carboxylic acids is 2. The standard InChI is InChI=1S/C24H26F3NO6S/c1-15(29)19-8-9-20(31-2)23(32-3)22(19)34-13-17-12-28(10-11-33-17)21(30)14-35-18-6-4-16(5-7-18)24(25,26)27/h4-9,17H,10-14H2,1-3H3. The lowest BCUT2D eigenvalue weighted by atomic mass is 10.1. The molecule has 7 nitrogen and oxygen atoms in total. The molecule has 0 N–H and O–H groups in total. The molecule has 11 heteroatoms. The molecule has 1 saturated heterocycles. The highest BCUT2D eigenvalue weighted by Crippen LogP contribution is 2.40. The predicted molar refractivity (Wildman–Crippen MR) is 124 cm³/mol. The van der Waals surface area contributed by atoms with Gasteiger partial charge in [0.1, 0.15) is 12.7 Å². The maximum Gasteiger partial charge on any atom is 0.416 e. The molecule has 1 atom stereocenters. The Bertz CT molecular complexity index is 1040. The number of amides is 1. The highest BCUT2D eigenvalue weighted by Gasteiger charge is 2.30. The number of morpholine rings is 1. The molecule has 1 fully saturated rings. The highest BCUT2D eigenvalue weighted by molar-refractivity contribution is 8.00. The summed E-state index contributed by atoms with van der Waals surface area (Å²) in [4.78, 5) is 27.0. The van der Waals surface area contributed by atoms with Gasteiger partial charge in [0.05, 0.1) is 44.3 Å². The van der Waals surface area contributed by atoms with Crippen LogP contribution in [0, 0.1) is 0 Å². The largest absolute Gasteiger partial charge is 0.493 e. The van der Waals surface area contributed by atoms with Crippen molar-refractivity contribution in [1.29, 1.82) is 0 Å². The second kappa shape index (κ2) is 11.7. The van der Waals surface area contributed by atoms with Gasteiger partial charge in [-0.05, 0) is 43.3 Å². The number of benzene rings is 2. The van der Waals surface area contributed by atoms with E-state index in [4.69, 9.17) is 18.9 Å². The molecule has 190 valence electrons. The van der Waals surface area contributed by atoms with Gasteiger partial charge in [0, 0.05) is 11.4 Å². The highest BCUT2D eigenvalue weighted by atomic mass is 32.2. The number of alkyl halides is 3. The summed E-state index contributed by atoms with van der Waals surface area (Å²) in [6.07, 6.45) is -4.84. The Morgan fingerprint density at radius 2 is 1.80 bits per heavy atom. The van der Waals surface area contributed by atoms with Crippen molar-refractivity contribution in [2.24, 2.45) is 0 Å². The minimum absolute atomic E-state index is 0.0691. The molecule has 2 aromatic rings. The molecule has 0 bridgehead atoms. The van der Waals surface area contributed by atoms with E-state index in [2.05, 4.69) is 0 Å².